The molecule has 5 nitrogen and oxygen atoms in total. The van der Waals surface area contributed by atoms with E-state index in [1.165, 1.54) is 6.92 Å². The lowest BCUT2D eigenvalue weighted by Crippen LogP contribution is -2.36. The fourth-order valence-electron chi connectivity index (χ4n) is 1.70. The molecule has 1 N–H and O–H groups in total. The number of rotatable bonds is 4. The molecule has 0 radical (unpaired) electrons. The monoisotopic (exact) mass is 289 g/mol. The Labute approximate surface area is 103 Å². The Morgan fingerprint density at radius 3 is 2.39 bits per heavy atom. The number of hydrogen-bond acceptors (Lipinski definition) is 3. The molecule has 1 aliphatic heterocycles. The summed E-state index contributed by atoms with van der Waals surface area (Å²) < 4.78 is 60.0. The smallest absolute Gasteiger partial charge is 0.390 e. The van der Waals surface area contributed by atoms with E-state index in [9.17, 15) is 26.4 Å². The minimum atomic E-state index is -4.54. The zero-order chi connectivity index (χ0) is 14.2. The van der Waals surface area contributed by atoms with Crippen molar-refractivity contribution in [2.45, 2.75) is 25.9 Å². The first-order chi connectivity index (χ1) is 7.96. The molecule has 0 saturated carbocycles. The van der Waals surface area contributed by atoms with Crippen molar-refractivity contribution >= 4 is 16.0 Å². The van der Waals surface area contributed by atoms with Gasteiger partial charge in [0.05, 0.1) is 17.6 Å². The highest BCUT2D eigenvalue weighted by Crippen LogP contribution is 2.32. The Bertz CT molecular complexity index is 434. The second-order valence-electron chi connectivity index (χ2n) is 4.63. The third-order valence-corrected chi connectivity index (χ3v) is 4.81. The van der Waals surface area contributed by atoms with Gasteiger partial charge in [0.1, 0.15) is 0 Å². The highest BCUT2D eigenvalue weighted by atomic mass is 32.2. The summed E-state index contributed by atoms with van der Waals surface area (Å²) in [4.78, 5) is 10.9. The predicted molar refractivity (Wildman–Crippen MR) is 56.4 cm³/mol. The van der Waals surface area contributed by atoms with E-state index in [0.717, 1.165) is 4.31 Å². The molecule has 1 atom stereocenters. The molecule has 1 unspecified atom stereocenters. The minimum Gasteiger partial charge on any atom is -0.481 e. The molecule has 1 saturated heterocycles. The van der Waals surface area contributed by atoms with Gasteiger partial charge in [0.25, 0.3) is 0 Å². The van der Waals surface area contributed by atoms with Crippen molar-refractivity contribution in [2.24, 2.45) is 5.41 Å². The zero-order valence-electron chi connectivity index (χ0n) is 9.70. The maximum atomic E-state index is 12.0. The first kappa shape index (κ1) is 15.2. The number of carboxylic acids is 1. The number of nitrogens with zero attached hydrogens (tertiary/aromatic N) is 1. The van der Waals surface area contributed by atoms with E-state index in [-0.39, 0.29) is 19.5 Å². The van der Waals surface area contributed by atoms with Gasteiger partial charge in [-0.05, 0) is 13.3 Å². The third-order valence-electron chi connectivity index (χ3n) is 2.99. The van der Waals surface area contributed by atoms with Gasteiger partial charge in [-0.1, -0.05) is 0 Å². The van der Waals surface area contributed by atoms with Crippen molar-refractivity contribution < 1.29 is 31.5 Å². The van der Waals surface area contributed by atoms with E-state index < -0.39 is 39.8 Å². The summed E-state index contributed by atoms with van der Waals surface area (Å²) in [5.74, 6) is -2.18. The second-order valence-corrected chi connectivity index (χ2v) is 6.72. The molecular formula is C9H14F3NO4S. The number of aliphatic carboxylic acids is 1. The molecule has 0 aromatic carbocycles. The van der Waals surface area contributed by atoms with Gasteiger partial charge in [-0.15, -0.1) is 0 Å². The van der Waals surface area contributed by atoms with Crippen molar-refractivity contribution in [3.63, 3.8) is 0 Å². The summed E-state index contributed by atoms with van der Waals surface area (Å²) in [7, 11) is -4.05. The topological polar surface area (TPSA) is 74.7 Å². The normalized spacial score (nSPS) is 26.4. The van der Waals surface area contributed by atoms with E-state index in [1.54, 1.807) is 0 Å². The summed E-state index contributed by atoms with van der Waals surface area (Å²) in [5.41, 5.74) is -1.22. The summed E-state index contributed by atoms with van der Waals surface area (Å²) in [5, 5.41) is 8.91. The highest BCUT2D eigenvalue weighted by Gasteiger charge is 2.45. The lowest BCUT2D eigenvalue weighted by Gasteiger charge is -2.20. The maximum absolute atomic E-state index is 12.0. The lowest BCUT2D eigenvalue weighted by molar-refractivity contribution is -0.147. The summed E-state index contributed by atoms with van der Waals surface area (Å²) in [6, 6.07) is 0. The van der Waals surface area contributed by atoms with E-state index in [2.05, 4.69) is 0 Å². The van der Waals surface area contributed by atoms with Crippen molar-refractivity contribution in [3.05, 3.63) is 0 Å². The average Bonchev–Trinajstić information content (AvgIpc) is 2.59. The van der Waals surface area contributed by atoms with Crippen LogP contribution in [-0.4, -0.2) is 48.8 Å². The van der Waals surface area contributed by atoms with Crippen LogP contribution in [-0.2, 0) is 14.8 Å². The Hall–Kier alpha value is -0.830. The van der Waals surface area contributed by atoms with Crippen molar-refractivity contribution in [3.8, 4) is 0 Å². The van der Waals surface area contributed by atoms with Gasteiger partial charge in [0, 0.05) is 13.1 Å². The van der Waals surface area contributed by atoms with Crippen LogP contribution < -0.4 is 0 Å². The molecule has 9 heteroatoms. The van der Waals surface area contributed by atoms with E-state index in [4.69, 9.17) is 5.11 Å². The molecule has 0 aromatic heterocycles. The molecule has 0 bridgehead atoms. The molecule has 0 aromatic rings. The van der Waals surface area contributed by atoms with Crippen LogP contribution in [0.25, 0.3) is 0 Å². The fraction of sp³-hybridized carbons (Fsp3) is 0.889. The molecule has 106 valence electrons. The third kappa shape index (κ3) is 3.58. The Kier molecular flexibility index (Phi) is 3.97. The van der Waals surface area contributed by atoms with Gasteiger partial charge in [-0.2, -0.15) is 13.2 Å². The molecule has 0 amide bonds. The number of carboxylic acid groups (broad SMARTS) is 1. The molecule has 18 heavy (non-hydrogen) atoms. The Morgan fingerprint density at radius 2 is 2.00 bits per heavy atom. The first-order valence-corrected chi connectivity index (χ1v) is 6.85. The Balaban J connectivity index is 2.69. The van der Waals surface area contributed by atoms with Gasteiger partial charge in [-0.25, -0.2) is 12.7 Å². The van der Waals surface area contributed by atoms with Gasteiger partial charge < -0.3 is 5.11 Å². The number of sulfonamides is 1. The predicted octanol–water partition coefficient (Wildman–Crippen LogP) is 1.07. The van der Waals surface area contributed by atoms with Crippen molar-refractivity contribution in [1.82, 2.24) is 4.31 Å². The zero-order valence-corrected chi connectivity index (χ0v) is 10.5. The summed E-state index contributed by atoms with van der Waals surface area (Å²) in [6.07, 6.45) is -5.86. The number of alkyl halides is 3. The molecule has 1 fully saturated rings. The van der Waals surface area contributed by atoms with Crippen LogP contribution in [0.5, 0.6) is 0 Å². The fourth-order valence-corrected chi connectivity index (χ4v) is 3.30. The molecule has 1 rings (SSSR count). The lowest BCUT2D eigenvalue weighted by atomic mass is 9.90. The molecular weight excluding hydrogens is 275 g/mol. The molecule has 0 aliphatic carbocycles. The van der Waals surface area contributed by atoms with Gasteiger partial charge in [0.15, 0.2) is 0 Å². The van der Waals surface area contributed by atoms with Gasteiger partial charge in [-0.3, -0.25) is 4.79 Å². The van der Waals surface area contributed by atoms with Crippen LogP contribution in [0.2, 0.25) is 0 Å². The quantitative estimate of drug-likeness (QED) is 0.840. The van der Waals surface area contributed by atoms with E-state index >= 15 is 0 Å². The maximum Gasteiger partial charge on any atom is 0.390 e. The van der Waals surface area contributed by atoms with Crippen LogP contribution in [0.3, 0.4) is 0 Å². The van der Waals surface area contributed by atoms with Gasteiger partial charge in [0.2, 0.25) is 10.0 Å². The van der Waals surface area contributed by atoms with Crippen molar-refractivity contribution in [1.29, 1.82) is 0 Å². The van der Waals surface area contributed by atoms with Crippen LogP contribution in [0.1, 0.15) is 19.8 Å². The molecule has 1 aliphatic rings. The first-order valence-electron chi connectivity index (χ1n) is 5.24. The van der Waals surface area contributed by atoms with Crippen LogP contribution in [0.4, 0.5) is 13.2 Å². The van der Waals surface area contributed by atoms with E-state index in [0.29, 0.717) is 0 Å². The standard InChI is InChI=1S/C9H14F3NO4S/c1-8(7(14)15)2-4-13(6-8)18(16,17)5-3-9(10,11)12/h2-6H2,1H3,(H,14,15). The van der Waals surface area contributed by atoms with Crippen molar-refractivity contribution in [2.75, 3.05) is 18.8 Å². The van der Waals surface area contributed by atoms with Gasteiger partial charge >= 0.3 is 12.1 Å². The summed E-state index contributed by atoms with van der Waals surface area (Å²) in [6.45, 7) is 1.06. The minimum absolute atomic E-state index is 0.0526. The molecule has 1 heterocycles. The number of halogens is 3. The average molecular weight is 289 g/mol. The highest BCUT2D eigenvalue weighted by molar-refractivity contribution is 7.89. The Morgan fingerprint density at radius 1 is 1.44 bits per heavy atom. The number of hydrogen-bond donors (Lipinski definition) is 1. The van der Waals surface area contributed by atoms with E-state index in [1.807, 2.05) is 0 Å². The van der Waals surface area contributed by atoms with Crippen LogP contribution in [0, 0.1) is 5.41 Å². The number of carbonyl (C=O) groups is 1. The largest absolute Gasteiger partial charge is 0.481 e. The van der Waals surface area contributed by atoms with Crippen LogP contribution >= 0.6 is 0 Å². The SMILES string of the molecule is CC1(C(=O)O)CCN(S(=O)(=O)CCC(F)(F)F)C1. The van der Waals surface area contributed by atoms with Crippen LogP contribution in [0.15, 0.2) is 0 Å². The molecule has 0 spiro atoms. The summed E-state index contributed by atoms with van der Waals surface area (Å²) >= 11 is 0. The second kappa shape index (κ2) is 4.69.